The van der Waals surface area contributed by atoms with E-state index < -0.39 is 24.1 Å². The zero-order valence-corrected chi connectivity index (χ0v) is 16.8. The summed E-state index contributed by atoms with van der Waals surface area (Å²) in [6.07, 6.45) is 2.40. The molecule has 0 spiro atoms. The molecule has 8 nitrogen and oxygen atoms in total. The number of esters is 1. The number of hydrogen-bond acceptors (Lipinski definition) is 7. The fourth-order valence-corrected chi connectivity index (χ4v) is 3.39. The summed E-state index contributed by atoms with van der Waals surface area (Å²) in [6, 6.07) is 15.4. The van der Waals surface area contributed by atoms with E-state index in [0.29, 0.717) is 17.0 Å². The SMILES string of the molecule is O=C(COC(=O)COc1ccc2ccc(=O)oc2c1)Nc1ccc(N2CCCC2)cc1. The molecule has 1 N–H and O–H groups in total. The highest BCUT2D eigenvalue weighted by Crippen LogP contribution is 2.22. The lowest BCUT2D eigenvalue weighted by atomic mass is 10.2. The van der Waals surface area contributed by atoms with Crippen LogP contribution < -0.4 is 20.6 Å². The highest BCUT2D eigenvalue weighted by atomic mass is 16.6. The molecule has 8 heteroatoms. The zero-order chi connectivity index (χ0) is 21.6. The summed E-state index contributed by atoms with van der Waals surface area (Å²) in [5.41, 5.74) is 1.65. The smallest absolute Gasteiger partial charge is 0.344 e. The zero-order valence-electron chi connectivity index (χ0n) is 16.8. The van der Waals surface area contributed by atoms with Gasteiger partial charge in [-0.3, -0.25) is 4.79 Å². The Morgan fingerprint density at radius 3 is 2.48 bits per heavy atom. The van der Waals surface area contributed by atoms with E-state index in [0.717, 1.165) is 24.2 Å². The second-order valence-corrected chi connectivity index (χ2v) is 7.19. The van der Waals surface area contributed by atoms with Crippen LogP contribution in [0.2, 0.25) is 0 Å². The Balaban J connectivity index is 1.22. The largest absolute Gasteiger partial charge is 0.482 e. The number of amides is 1. The van der Waals surface area contributed by atoms with E-state index in [9.17, 15) is 14.4 Å². The maximum Gasteiger partial charge on any atom is 0.344 e. The van der Waals surface area contributed by atoms with Crippen molar-refractivity contribution in [1.29, 1.82) is 0 Å². The van der Waals surface area contributed by atoms with Gasteiger partial charge in [0.25, 0.3) is 5.91 Å². The first-order chi connectivity index (χ1) is 15.1. The van der Waals surface area contributed by atoms with Crippen LogP contribution in [0.4, 0.5) is 11.4 Å². The van der Waals surface area contributed by atoms with E-state index in [1.165, 1.54) is 25.0 Å². The van der Waals surface area contributed by atoms with E-state index in [1.807, 2.05) is 24.3 Å². The van der Waals surface area contributed by atoms with Crippen molar-refractivity contribution in [2.24, 2.45) is 0 Å². The molecular weight excluding hydrogens is 400 g/mol. The minimum Gasteiger partial charge on any atom is -0.482 e. The summed E-state index contributed by atoms with van der Waals surface area (Å²) in [7, 11) is 0. The van der Waals surface area contributed by atoms with Crippen molar-refractivity contribution >= 4 is 34.2 Å². The summed E-state index contributed by atoms with van der Waals surface area (Å²) in [5.74, 6) is -0.773. The van der Waals surface area contributed by atoms with E-state index >= 15 is 0 Å². The van der Waals surface area contributed by atoms with Crippen molar-refractivity contribution in [2.75, 3.05) is 36.5 Å². The van der Waals surface area contributed by atoms with Crippen molar-refractivity contribution < 1.29 is 23.5 Å². The number of benzene rings is 2. The molecule has 1 aromatic heterocycles. The van der Waals surface area contributed by atoms with Gasteiger partial charge in [0.05, 0.1) is 0 Å². The molecule has 3 aromatic rings. The van der Waals surface area contributed by atoms with Crippen LogP contribution in [0, 0.1) is 0 Å². The molecule has 1 fully saturated rings. The molecule has 1 aliphatic heterocycles. The Hall–Kier alpha value is -3.81. The average Bonchev–Trinajstić information content (AvgIpc) is 3.31. The number of carbonyl (C=O) groups is 2. The minimum absolute atomic E-state index is 0.348. The first-order valence-corrected chi connectivity index (χ1v) is 10.0. The monoisotopic (exact) mass is 422 g/mol. The van der Waals surface area contributed by atoms with Gasteiger partial charge in [-0.15, -0.1) is 0 Å². The summed E-state index contributed by atoms with van der Waals surface area (Å²) < 4.78 is 15.4. The number of nitrogens with zero attached hydrogens (tertiary/aromatic N) is 1. The number of rotatable bonds is 7. The van der Waals surface area contributed by atoms with Crippen molar-refractivity contribution in [1.82, 2.24) is 0 Å². The normalized spacial score (nSPS) is 13.2. The molecule has 2 aromatic carbocycles. The summed E-state index contributed by atoms with van der Waals surface area (Å²) in [5, 5.41) is 3.43. The summed E-state index contributed by atoms with van der Waals surface area (Å²) in [4.78, 5) is 37.5. The number of ether oxygens (including phenoxy) is 2. The van der Waals surface area contributed by atoms with Gasteiger partial charge in [-0.05, 0) is 55.3 Å². The Bertz CT molecular complexity index is 1130. The van der Waals surface area contributed by atoms with Gasteiger partial charge in [-0.2, -0.15) is 0 Å². The van der Waals surface area contributed by atoms with Crippen molar-refractivity contribution in [3.63, 3.8) is 0 Å². The number of fused-ring (bicyclic) bond motifs is 1. The van der Waals surface area contributed by atoms with Gasteiger partial charge in [0, 0.05) is 42.0 Å². The molecule has 4 rings (SSSR count). The average molecular weight is 422 g/mol. The Morgan fingerprint density at radius 2 is 1.71 bits per heavy atom. The van der Waals surface area contributed by atoms with Crippen LogP contribution in [0.25, 0.3) is 11.0 Å². The van der Waals surface area contributed by atoms with E-state index in [-0.39, 0.29) is 6.61 Å². The number of carbonyl (C=O) groups excluding carboxylic acids is 2. The first-order valence-electron chi connectivity index (χ1n) is 10.0. The number of anilines is 2. The first kappa shape index (κ1) is 20.5. The number of hydrogen-bond donors (Lipinski definition) is 1. The van der Waals surface area contributed by atoms with Crippen LogP contribution in [0.1, 0.15) is 12.8 Å². The van der Waals surface area contributed by atoms with Crippen LogP contribution in [0.15, 0.2) is 63.8 Å². The van der Waals surface area contributed by atoms with E-state index in [2.05, 4.69) is 10.2 Å². The summed E-state index contributed by atoms with van der Waals surface area (Å²) >= 11 is 0. The van der Waals surface area contributed by atoms with Crippen LogP contribution in [-0.4, -0.2) is 38.2 Å². The molecule has 0 aliphatic carbocycles. The van der Waals surface area contributed by atoms with Crippen LogP contribution in [-0.2, 0) is 14.3 Å². The Labute approximate surface area is 178 Å². The molecule has 1 amide bonds. The number of nitrogens with one attached hydrogen (secondary N) is 1. The lowest BCUT2D eigenvalue weighted by molar-refractivity contribution is -0.149. The van der Waals surface area contributed by atoms with Gasteiger partial charge in [0.1, 0.15) is 11.3 Å². The molecule has 1 aliphatic rings. The molecular formula is C23H22N2O6. The lowest BCUT2D eigenvalue weighted by Gasteiger charge is -2.17. The second-order valence-electron chi connectivity index (χ2n) is 7.19. The second kappa shape index (κ2) is 9.34. The molecule has 1 saturated heterocycles. The highest BCUT2D eigenvalue weighted by molar-refractivity contribution is 5.93. The fraction of sp³-hybridized carbons (Fsp3) is 0.261. The van der Waals surface area contributed by atoms with Gasteiger partial charge >= 0.3 is 11.6 Å². The molecule has 160 valence electrons. The topological polar surface area (TPSA) is 98.1 Å². The van der Waals surface area contributed by atoms with Crippen molar-refractivity contribution in [3.05, 3.63) is 65.0 Å². The Morgan fingerprint density at radius 1 is 0.968 bits per heavy atom. The quantitative estimate of drug-likeness (QED) is 0.462. The Kier molecular flexibility index (Phi) is 6.16. The third-order valence-corrected chi connectivity index (χ3v) is 4.94. The van der Waals surface area contributed by atoms with Crippen LogP contribution in [0.5, 0.6) is 5.75 Å². The van der Waals surface area contributed by atoms with Gasteiger partial charge in [-0.1, -0.05) is 0 Å². The molecule has 0 saturated carbocycles. The van der Waals surface area contributed by atoms with Gasteiger partial charge < -0.3 is 24.1 Å². The molecule has 2 heterocycles. The van der Waals surface area contributed by atoms with Crippen LogP contribution in [0.3, 0.4) is 0 Å². The minimum atomic E-state index is -0.686. The van der Waals surface area contributed by atoms with Gasteiger partial charge in [0.15, 0.2) is 13.2 Å². The van der Waals surface area contributed by atoms with E-state index in [4.69, 9.17) is 13.9 Å². The molecule has 0 radical (unpaired) electrons. The lowest BCUT2D eigenvalue weighted by Crippen LogP contribution is -2.23. The maximum atomic E-state index is 12.0. The standard InChI is InChI=1S/C23H22N2O6/c26-21(24-17-5-7-18(8-6-17)25-11-1-2-12-25)14-30-23(28)15-29-19-9-3-16-4-10-22(27)31-20(16)13-19/h3-10,13H,1-2,11-12,14-15H2,(H,24,26). The maximum absolute atomic E-state index is 12.0. The molecule has 0 atom stereocenters. The highest BCUT2D eigenvalue weighted by Gasteiger charge is 2.13. The molecule has 0 unspecified atom stereocenters. The summed E-state index contributed by atoms with van der Waals surface area (Å²) in [6.45, 7) is 1.32. The van der Waals surface area contributed by atoms with Gasteiger partial charge in [0.2, 0.25) is 0 Å². The fourth-order valence-electron chi connectivity index (χ4n) is 3.39. The van der Waals surface area contributed by atoms with Crippen molar-refractivity contribution in [3.8, 4) is 5.75 Å². The van der Waals surface area contributed by atoms with E-state index in [1.54, 1.807) is 18.2 Å². The predicted molar refractivity (Wildman–Crippen MR) is 115 cm³/mol. The third kappa shape index (κ3) is 5.42. The van der Waals surface area contributed by atoms with Gasteiger partial charge in [-0.25, -0.2) is 9.59 Å². The van der Waals surface area contributed by atoms with Crippen LogP contribution >= 0.6 is 0 Å². The molecule has 0 bridgehead atoms. The predicted octanol–water partition coefficient (Wildman–Crippen LogP) is 2.95. The third-order valence-electron chi connectivity index (χ3n) is 4.94. The van der Waals surface area contributed by atoms with Crippen molar-refractivity contribution in [2.45, 2.75) is 12.8 Å². The molecule has 31 heavy (non-hydrogen) atoms.